The Kier molecular flexibility index (Phi) is 4.25. The minimum Gasteiger partial charge on any atom is -0.481 e. The fraction of sp³-hybridized carbons (Fsp3) is 0.545. The molecule has 1 aliphatic heterocycles. The van der Waals surface area contributed by atoms with Gasteiger partial charge in [0.05, 0.1) is 16.8 Å². The third-order valence-electron chi connectivity index (χ3n) is 3.54. The number of alkyl halides is 3. The molecule has 12 heteroatoms. The van der Waals surface area contributed by atoms with Gasteiger partial charge in [-0.15, -0.1) is 0 Å². The van der Waals surface area contributed by atoms with Crippen LogP contribution in [0, 0.1) is 22.0 Å². The summed E-state index contributed by atoms with van der Waals surface area (Å²) in [4.78, 5) is 33.4. The van der Waals surface area contributed by atoms with Crippen LogP contribution >= 0.6 is 0 Å². The molecule has 2 atom stereocenters. The third kappa shape index (κ3) is 3.57. The number of aliphatic carboxylic acids is 1. The van der Waals surface area contributed by atoms with Crippen molar-refractivity contribution in [3.63, 3.8) is 0 Å². The second-order valence-electron chi connectivity index (χ2n) is 5.04. The van der Waals surface area contributed by atoms with E-state index >= 15 is 0 Å². The maximum Gasteiger partial charge on any atom is 0.394 e. The summed E-state index contributed by atoms with van der Waals surface area (Å²) in [6.45, 7) is -1.84. The second kappa shape index (κ2) is 5.85. The molecule has 0 radical (unpaired) electrons. The minimum atomic E-state index is -4.73. The average Bonchev–Trinajstić information content (AvgIpc) is 3.03. The second-order valence-corrected chi connectivity index (χ2v) is 5.04. The molecule has 126 valence electrons. The first-order valence-electron chi connectivity index (χ1n) is 6.33. The molecule has 0 saturated carbocycles. The van der Waals surface area contributed by atoms with Crippen LogP contribution in [0.25, 0.3) is 0 Å². The van der Waals surface area contributed by atoms with Gasteiger partial charge in [0.15, 0.2) is 0 Å². The lowest BCUT2D eigenvalue weighted by Crippen LogP contribution is -2.34. The van der Waals surface area contributed by atoms with Crippen molar-refractivity contribution in [2.45, 2.75) is 12.7 Å². The van der Waals surface area contributed by atoms with Crippen molar-refractivity contribution in [1.29, 1.82) is 0 Å². The van der Waals surface area contributed by atoms with E-state index in [2.05, 4.69) is 5.10 Å². The Balaban J connectivity index is 2.08. The van der Waals surface area contributed by atoms with Crippen molar-refractivity contribution in [2.75, 3.05) is 13.1 Å². The lowest BCUT2D eigenvalue weighted by Gasteiger charge is -2.18. The molecule has 0 aliphatic carbocycles. The minimum absolute atomic E-state index is 0.365. The first-order valence-corrected chi connectivity index (χ1v) is 6.33. The third-order valence-corrected chi connectivity index (χ3v) is 3.54. The number of hydrogen-bond donors (Lipinski definition) is 1. The Bertz CT molecular complexity index is 644. The highest BCUT2D eigenvalue weighted by molar-refractivity contribution is 5.79. The fourth-order valence-corrected chi connectivity index (χ4v) is 2.36. The van der Waals surface area contributed by atoms with E-state index in [1.165, 1.54) is 0 Å². The highest BCUT2D eigenvalue weighted by atomic mass is 19.4. The van der Waals surface area contributed by atoms with Gasteiger partial charge >= 0.3 is 17.8 Å². The van der Waals surface area contributed by atoms with Gasteiger partial charge in [-0.3, -0.25) is 24.4 Å². The predicted octanol–water partition coefficient (Wildman–Crippen LogP) is 0.513. The lowest BCUT2D eigenvalue weighted by molar-refractivity contribution is -0.385. The zero-order chi connectivity index (χ0) is 17.4. The molecule has 2 heterocycles. The number of halogens is 3. The molecule has 1 aliphatic rings. The van der Waals surface area contributed by atoms with Gasteiger partial charge in [-0.05, 0) is 0 Å². The molecule has 23 heavy (non-hydrogen) atoms. The van der Waals surface area contributed by atoms with Crippen LogP contribution in [-0.2, 0) is 16.1 Å². The molecule has 1 aromatic heterocycles. The Hall–Kier alpha value is -2.66. The number of carbonyl (C=O) groups excluding carboxylic acids is 1. The van der Waals surface area contributed by atoms with Crippen molar-refractivity contribution >= 4 is 17.6 Å². The average molecular weight is 336 g/mol. The summed E-state index contributed by atoms with van der Waals surface area (Å²) in [6.07, 6.45) is -2.87. The predicted molar refractivity (Wildman–Crippen MR) is 66.1 cm³/mol. The summed E-state index contributed by atoms with van der Waals surface area (Å²) in [5, 5.41) is 22.9. The molecular weight excluding hydrogens is 325 g/mol. The Morgan fingerprint density at radius 2 is 2.09 bits per heavy atom. The zero-order valence-corrected chi connectivity index (χ0v) is 11.4. The van der Waals surface area contributed by atoms with Crippen molar-refractivity contribution in [3.8, 4) is 0 Å². The van der Waals surface area contributed by atoms with Crippen molar-refractivity contribution in [3.05, 3.63) is 22.5 Å². The quantitative estimate of drug-likeness (QED) is 0.632. The Morgan fingerprint density at radius 3 is 2.52 bits per heavy atom. The normalized spacial score (nSPS) is 21.4. The number of carboxylic acids is 1. The van der Waals surface area contributed by atoms with Gasteiger partial charge in [0.2, 0.25) is 5.91 Å². The molecule has 0 spiro atoms. The van der Waals surface area contributed by atoms with Crippen LogP contribution in [0.3, 0.4) is 0 Å². The number of amides is 1. The van der Waals surface area contributed by atoms with Crippen LogP contribution in [0.5, 0.6) is 0 Å². The molecule has 1 amide bonds. The monoisotopic (exact) mass is 336 g/mol. The summed E-state index contributed by atoms with van der Waals surface area (Å²) < 4.78 is 39.4. The van der Waals surface area contributed by atoms with Gasteiger partial charge in [-0.25, -0.2) is 0 Å². The summed E-state index contributed by atoms with van der Waals surface area (Å²) in [5.74, 6) is -6.29. The van der Waals surface area contributed by atoms with Crippen LogP contribution in [0.4, 0.5) is 18.9 Å². The highest BCUT2D eigenvalue weighted by Crippen LogP contribution is 2.37. The van der Waals surface area contributed by atoms with Gasteiger partial charge < -0.3 is 10.0 Å². The van der Waals surface area contributed by atoms with E-state index in [1.54, 1.807) is 0 Å². The number of carbonyl (C=O) groups is 2. The molecule has 9 nitrogen and oxygen atoms in total. The molecular formula is C11H11F3N4O5. The summed E-state index contributed by atoms with van der Waals surface area (Å²) in [5.41, 5.74) is -0.365. The van der Waals surface area contributed by atoms with Gasteiger partial charge in [0.25, 0.3) is 0 Å². The largest absolute Gasteiger partial charge is 0.481 e. The van der Waals surface area contributed by atoms with Crippen molar-refractivity contribution in [2.24, 2.45) is 11.8 Å². The molecule has 0 unspecified atom stereocenters. The highest BCUT2D eigenvalue weighted by Gasteiger charge is 2.53. The summed E-state index contributed by atoms with van der Waals surface area (Å²) >= 11 is 0. The van der Waals surface area contributed by atoms with E-state index in [1.807, 2.05) is 0 Å². The maximum atomic E-state index is 12.8. The summed E-state index contributed by atoms with van der Waals surface area (Å²) in [6, 6.07) is 0. The van der Waals surface area contributed by atoms with Gasteiger partial charge in [0, 0.05) is 13.1 Å². The Labute approximate surface area is 126 Å². The number of rotatable bonds is 4. The number of nitro groups is 1. The van der Waals surface area contributed by atoms with Crippen LogP contribution in [0.15, 0.2) is 12.4 Å². The standard InChI is InChI=1S/C11H11F3N4O5/c12-11(13,14)8-4-16(3-7(8)10(20)21)9(19)5-17-2-6(1-15-17)18(22)23/h1-2,7-8H,3-5H2,(H,20,21)/t7-,8-/m1/s1. The Morgan fingerprint density at radius 1 is 1.43 bits per heavy atom. The smallest absolute Gasteiger partial charge is 0.394 e. The van der Waals surface area contributed by atoms with E-state index < -0.39 is 54.4 Å². The van der Waals surface area contributed by atoms with Crippen LogP contribution in [0.2, 0.25) is 0 Å². The van der Waals surface area contributed by atoms with E-state index in [4.69, 9.17) is 5.11 Å². The molecule has 0 bridgehead atoms. The maximum absolute atomic E-state index is 12.8. The number of hydrogen-bond acceptors (Lipinski definition) is 5. The SMILES string of the molecule is O=C(O)[C@@H]1CN(C(=O)Cn2cc([N+](=O)[O-])cn2)C[C@H]1C(F)(F)F. The molecule has 1 N–H and O–H groups in total. The van der Waals surface area contributed by atoms with Crippen LogP contribution in [-0.4, -0.2) is 55.9 Å². The van der Waals surface area contributed by atoms with Gasteiger partial charge in [-0.1, -0.05) is 0 Å². The zero-order valence-electron chi connectivity index (χ0n) is 11.4. The van der Waals surface area contributed by atoms with Crippen LogP contribution < -0.4 is 0 Å². The lowest BCUT2D eigenvalue weighted by atomic mass is 9.96. The van der Waals surface area contributed by atoms with E-state index in [0.29, 0.717) is 0 Å². The number of nitrogens with zero attached hydrogens (tertiary/aromatic N) is 4. The van der Waals surface area contributed by atoms with Gasteiger partial charge in [0.1, 0.15) is 18.9 Å². The number of likely N-dealkylation sites (tertiary alicyclic amines) is 1. The van der Waals surface area contributed by atoms with E-state index in [-0.39, 0.29) is 5.69 Å². The first kappa shape index (κ1) is 16.7. The fourth-order valence-electron chi connectivity index (χ4n) is 2.36. The van der Waals surface area contributed by atoms with E-state index in [0.717, 1.165) is 22.0 Å². The molecule has 2 rings (SSSR count). The topological polar surface area (TPSA) is 119 Å². The molecule has 1 fully saturated rings. The van der Waals surface area contributed by atoms with Crippen molar-refractivity contribution < 1.29 is 32.8 Å². The van der Waals surface area contributed by atoms with Crippen molar-refractivity contribution in [1.82, 2.24) is 14.7 Å². The summed E-state index contributed by atoms with van der Waals surface area (Å²) in [7, 11) is 0. The molecule has 1 saturated heterocycles. The van der Waals surface area contributed by atoms with E-state index in [9.17, 15) is 32.9 Å². The molecule has 0 aromatic carbocycles. The number of aromatic nitrogens is 2. The molecule has 1 aromatic rings. The first-order chi connectivity index (χ1) is 10.6. The van der Waals surface area contributed by atoms with Crippen LogP contribution in [0.1, 0.15) is 0 Å². The number of carboxylic acid groups (broad SMARTS) is 1. The van der Waals surface area contributed by atoms with Gasteiger partial charge in [-0.2, -0.15) is 18.3 Å².